The first kappa shape index (κ1) is 18.7. The Morgan fingerprint density at radius 3 is 2.09 bits per heavy atom. The second kappa shape index (κ2) is 8.45. The van der Waals surface area contributed by atoms with Gasteiger partial charge in [-0.15, -0.1) is 0 Å². The summed E-state index contributed by atoms with van der Waals surface area (Å²) in [5, 5.41) is 0. The van der Waals surface area contributed by atoms with Gasteiger partial charge in [-0.25, -0.2) is 0 Å². The Kier molecular flexibility index (Phi) is 6.86. The molecule has 1 amide bonds. The monoisotopic (exact) mass is 324 g/mol. The molecule has 23 heavy (non-hydrogen) atoms. The number of likely N-dealkylation sites (tertiary alicyclic amines) is 1. The van der Waals surface area contributed by atoms with Crippen LogP contribution in [0.4, 0.5) is 0 Å². The average Bonchev–Trinajstić information content (AvgIpc) is 2.53. The number of carbonyl (C=O) groups excluding carboxylic acids is 1. The van der Waals surface area contributed by atoms with Crippen LogP contribution in [-0.2, 0) is 4.79 Å². The summed E-state index contributed by atoms with van der Waals surface area (Å²) in [6, 6.07) is 0. The van der Waals surface area contributed by atoms with Gasteiger partial charge in [-0.05, 0) is 30.6 Å². The number of piperidine rings is 1. The van der Waals surface area contributed by atoms with Crippen LogP contribution >= 0.6 is 0 Å². The number of piperazine rings is 1. The van der Waals surface area contributed by atoms with Crippen molar-refractivity contribution in [2.24, 2.45) is 17.1 Å². The van der Waals surface area contributed by atoms with Gasteiger partial charge in [-0.3, -0.25) is 9.69 Å². The zero-order valence-electron chi connectivity index (χ0n) is 15.4. The minimum Gasteiger partial charge on any atom is -0.343 e. The molecule has 2 N–H and O–H groups in total. The van der Waals surface area contributed by atoms with Gasteiger partial charge in [0.25, 0.3) is 0 Å². The van der Waals surface area contributed by atoms with E-state index in [4.69, 9.17) is 5.73 Å². The quantitative estimate of drug-likeness (QED) is 0.834. The second-order valence-electron chi connectivity index (χ2n) is 8.49. The fraction of sp³-hybridized carbons (Fsp3) is 0.944. The van der Waals surface area contributed by atoms with Gasteiger partial charge in [0.15, 0.2) is 0 Å². The van der Waals surface area contributed by atoms with Gasteiger partial charge in [-0.2, -0.15) is 0 Å². The SMILES string of the molecule is CC(C)(C)CCC(=O)N1CCC(CN2CCN(CN)CC2)CC1. The summed E-state index contributed by atoms with van der Waals surface area (Å²) < 4.78 is 0. The van der Waals surface area contributed by atoms with Crippen molar-refractivity contribution < 1.29 is 4.79 Å². The van der Waals surface area contributed by atoms with Crippen molar-refractivity contribution in [1.29, 1.82) is 0 Å². The number of hydrogen-bond acceptors (Lipinski definition) is 4. The molecule has 2 aliphatic heterocycles. The zero-order valence-corrected chi connectivity index (χ0v) is 15.4. The van der Waals surface area contributed by atoms with Crippen molar-refractivity contribution >= 4 is 5.91 Å². The molecule has 0 bridgehead atoms. The molecule has 2 saturated heterocycles. The normalized spacial score (nSPS) is 22.5. The van der Waals surface area contributed by atoms with Crippen LogP contribution in [0.3, 0.4) is 0 Å². The Morgan fingerprint density at radius 2 is 1.57 bits per heavy atom. The third kappa shape index (κ3) is 6.40. The molecule has 5 heteroatoms. The molecule has 0 atom stereocenters. The summed E-state index contributed by atoms with van der Waals surface area (Å²) in [5.74, 6) is 1.11. The Hall–Kier alpha value is -0.650. The van der Waals surface area contributed by atoms with Crippen LogP contribution in [-0.4, -0.2) is 73.1 Å². The van der Waals surface area contributed by atoms with Gasteiger partial charge in [0.2, 0.25) is 5.91 Å². The lowest BCUT2D eigenvalue weighted by atomic mass is 9.90. The summed E-state index contributed by atoms with van der Waals surface area (Å²) in [6.45, 7) is 14.9. The first-order valence-electron chi connectivity index (χ1n) is 9.30. The molecule has 2 aliphatic rings. The Bertz CT molecular complexity index is 364. The summed E-state index contributed by atoms with van der Waals surface area (Å²) in [7, 11) is 0. The van der Waals surface area contributed by atoms with Crippen LogP contribution < -0.4 is 5.73 Å². The van der Waals surface area contributed by atoms with Crippen LogP contribution in [0.5, 0.6) is 0 Å². The molecule has 2 heterocycles. The predicted molar refractivity (Wildman–Crippen MR) is 95.1 cm³/mol. The molecule has 0 spiro atoms. The predicted octanol–water partition coefficient (Wildman–Crippen LogP) is 1.59. The van der Waals surface area contributed by atoms with Crippen LogP contribution in [0.2, 0.25) is 0 Å². The van der Waals surface area contributed by atoms with E-state index < -0.39 is 0 Å². The number of nitrogens with zero attached hydrogens (tertiary/aromatic N) is 3. The maximum Gasteiger partial charge on any atom is 0.222 e. The van der Waals surface area contributed by atoms with E-state index in [9.17, 15) is 4.79 Å². The number of amides is 1. The van der Waals surface area contributed by atoms with E-state index in [0.717, 1.165) is 51.6 Å². The lowest BCUT2D eigenvalue weighted by Gasteiger charge is -2.38. The van der Waals surface area contributed by atoms with Gasteiger partial charge in [0.1, 0.15) is 0 Å². The van der Waals surface area contributed by atoms with E-state index in [0.29, 0.717) is 19.0 Å². The van der Waals surface area contributed by atoms with Crippen molar-refractivity contribution in [2.45, 2.75) is 46.5 Å². The first-order chi connectivity index (χ1) is 10.9. The van der Waals surface area contributed by atoms with Crippen LogP contribution in [0.15, 0.2) is 0 Å². The molecule has 0 aliphatic carbocycles. The minimum atomic E-state index is 0.250. The number of hydrogen-bond donors (Lipinski definition) is 1. The third-order valence-corrected chi connectivity index (χ3v) is 5.30. The topological polar surface area (TPSA) is 52.8 Å². The molecule has 2 fully saturated rings. The van der Waals surface area contributed by atoms with E-state index in [1.807, 2.05) is 0 Å². The minimum absolute atomic E-state index is 0.250. The van der Waals surface area contributed by atoms with Crippen molar-refractivity contribution in [1.82, 2.24) is 14.7 Å². The number of nitrogens with two attached hydrogens (primary N) is 1. The lowest BCUT2D eigenvalue weighted by molar-refractivity contribution is -0.133. The van der Waals surface area contributed by atoms with Crippen molar-refractivity contribution in [3.63, 3.8) is 0 Å². The van der Waals surface area contributed by atoms with Gasteiger partial charge in [-0.1, -0.05) is 20.8 Å². The molecule has 134 valence electrons. The van der Waals surface area contributed by atoms with E-state index in [1.54, 1.807) is 0 Å². The standard InChI is InChI=1S/C18H36N4O/c1-18(2,3)7-4-17(23)22-8-5-16(6-9-22)14-20-10-12-21(15-19)13-11-20/h16H,4-15,19H2,1-3H3. The van der Waals surface area contributed by atoms with E-state index >= 15 is 0 Å². The van der Waals surface area contributed by atoms with Crippen LogP contribution in [0, 0.1) is 11.3 Å². The molecular formula is C18H36N4O. The Balaban J connectivity index is 1.65. The summed E-state index contributed by atoms with van der Waals surface area (Å²) >= 11 is 0. The maximum absolute atomic E-state index is 12.3. The number of carbonyl (C=O) groups is 1. The van der Waals surface area contributed by atoms with Gasteiger partial charge < -0.3 is 15.5 Å². The molecular weight excluding hydrogens is 288 g/mol. The number of rotatable bonds is 5. The lowest BCUT2D eigenvalue weighted by Crippen LogP contribution is -2.50. The molecule has 0 aromatic heterocycles. The fourth-order valence-corrected chi connectivity index (χ4v) is 3.52. The first-order valence-corrected chi connectivity index (χ1v) is 9.30. The van der Waals surface area contributed by atoms with Crippen LogP contribution in [0.1, 0.15) is 46.5 Å². The van der Waals surface area contributed by atoms with Crippen molar-refractivity contribution in [3.05, 3.63) is 0 Å². The fourth-order valence-electron chi connectivity index (χ4n) is 3.52. The highest BCUT2D eigenvalue weighted by Gasteiger charge is 2.26. The van der Waals surface area contributed by atoms with Gasteiger partial charge in [0, 0.05) is 58.9 Å². The van der Waals surface area contributed by atoms with Crippen molar-refractivity contribution in [3.8, 4) is 0 Å². The maximum atomic E-state index is 12.3. The largest absolute Gasteiger partial charge is 0.343 e. The molecule has 0 radical (unpaired) electrons. The molecule has 0 aromatic rings. The summed E-state index contributed by atoms with van der Waals surface area (Å²) in [5.41, 5.74) is 5.95. The van der Waals surface area contributed by atoms with Gasteiger partial charge in [0.05, 0.1) is 0 Å². The highest BCUT2D eigenvalue weighted by Crippen LogP contribution is 2.23. The Labute approximate surface area is 142 Å². The summed E-state index contributed by atoms with van der Waals surface area (Å²) in [6.07, 6.45) is 4.02. The molecule has 5 nitrogen and oxygen atoms in total. The second-order valence-corrected chi connectivity index (χ2v) is 8.49. The Morgan fingerprint density at radius 1 is 1.00 bits per heavy atom. The summed E-state index contributed by atoms with van der Waals surface area (Å²) in [4.78, 5) is 19.3. The average molecular weight is 325 g/mol. The van der Waals surface area contributed by atoms with E-state index in [-0.39, 0.29) is 5.41 Å². The molecule has 0 saturated carbocycles. The molecule has 0 unspecified atom stereocenters. The van der Waals surface area contributed by atoms with Crippen molar-refractivity contribution in [2.75, 3.05) is 52.5 Å². The highest BCUT2D eigenvalue weighted by molar-refractivity contribution is 5.76. The van der Waals surface area contributed by atoms with Gasteiger partial charge >= 0.3 is 0 Å². The smallest absolute Gasteiger partial charge is 0.222 e. The zero-order chi connectivity index (χ0) is 16.9. The third-order valence-electron chi connectivity index (χ3n) is 5.30. The van der Waals surface area contributed by atoms with E-state index in [2.05, 4.69) is 35.5 Å². The van der Waals surface area contributed by atoms with Crippen LogP contribution in [0.25, 0.3) is 0 Å². The molecule has 0 aromatic carbocycles. The highest BCUT2D eigenvalue weighted by atomic mass is 16.2. The van der Waals surface area contributed by atoms with E-state index in [1.165, 1.54) is 19.4 Å². The molecule has 2 rings (SSSR count).